The van der Waals surface area contributed by atoms with Gasteiger partial charge >= 0.3 is 0 Å². The Morgan fingerprint density at radius 3 is 2.26 bits per heavy atom. The molecule has 0 fully saturated rings. The molecule has 1 heteroatoms. The Morgan fingerprint density at radius 2 is 1.84 bits per heavy atom. The van der Waals surface area contributed by atoms with Gasteiger partial charge in [-0.15, -0.1) is 0 Å². The molecule has 1 N–H and O–H groups in total. The smallest absolute Gasteiger partial charge is 0.0586 e. The number of aliphatic hydroxyl groups is 1. The van der Waals surface area contributed by atoms with E-state index in [9.17, 15) is 5.11 Å². The van der Waals surface area contributed by atoms with Gasteiger partial charge in [-0.3, -0.25) is 0 Å². The van der Waals surface area contributed by atoms with Gasteiger partial charge in [0.1, 0.15) is 0 Å². The molecule has 0 aromatic carbocycles. The van der Waals surface area contributed by atoms with Crippen LogP contribution in [0.15, 0.2) is 11.1 Å². The summed E-state index contributed by atoms with van der Waals surface area (Å²) in [4.78, 5) is 0. The molecular formula is C18H32O. The highest BCUT2D eigenvalue weighted by molar-refractivity contribution is 5.41. The maximum absolute atomic E-state index is 9.91. The Balaban J connectivity index is 0.00000154. The first kappa shape index (κ1) is 18.3. The van der Waals surface area contributed by atoms with E-state index in [4.69, 9.17) is 0 Å². The van der Waals surface area contributed by atoms with Crippen LogP contribution in [-0.4, -0.2) is 11.2 Å². The molecule has 1 aliphatic rings. The third-order valence-corrected chi connectivity index (χ3v) is 3.60. The van der Waals surface area contributed by atoms with Crippen molar-refractivity contribution < 1.29 is 5.11 Å². The van der Waals surface area contributed by atoms with Gasteiger partial charge in [-0.1, -0.05) is 45.1 Å². The minimum Gasteiger partial charge on any atom is -0.393 e. The summed E-state index contributed by atoms with van der Waals surface area (Å²) in [7, 11) is 0. The SMILES string of the molecule is CC.CCC1(C)CC(O)CC(C)=C1C#CC(C)(C)C. The highest BCUT2D eigenvalue weighted by atomic mass is 16.3. The van der Waals surface area contributed by atoms with Gasteiger partial charge < -0.3 is 5.11 Å². The molecule has 0 aliphatic heterocycles. The van der Waals surface area contributed by atoms with Crippen LogP contribution in [-0.2, 0) is 0 Å². The normalized spacial score (nSPS) is 27.1. The fourth-order valence-corrected chi connectivity index (χ4v) is 2.49. The van der Waals surface area contributed by atoms with Crippen LogP contribution in [0.5, 0.6) is 0 Å². The molecule has 2 atom stereocenters. The Bertz CT molecular complexity index is 373. The number of hydrogen-bond donors (Lipinski definition) is 1. The zero-order valence-electron chi connectivity index (χ0n) is 14.1. The largest absolute Gasteiger partial charge is 0.393 e. The fraction of sp³-hybridized carbons (Fsp3) is 0.778. The second-order valence-electron chi connectivity index (χ2n) is 6.63. The van der Waals surface area contributed by atoms with Crippen LogP contribution in [0.25, 0.3) is 0 Å². The number of hydrogen-bond acceptors (Lipinski definition) is 1. The first-order valence-electron chi connectivity index (χ1n) is 7.59. The molecule has 0 saturated heterocycles. The van der Waals surface area contributed by atoms with Gasteiger partial charge in [0, 0.05) is 16.4 Å². The monoisotopic (exact) mass is 264 g/mol. The highest BCUT2D eigenvalue weighted by Crippen LogP contribution is 2.42. The summed E-state index contributed by atoms with van der Waals surface area (Å²) in [5.41, 5.74) is 2.63. The van der Waals surface area contributed by atoms with Crippen LogP contribution in [0.3, 0.4) is 0 Å². The predicted octanol–water partition coefficient (Wildman–Crippen LogP) is 4.95. The molecular weight excluding hydrogens is 232 g/mol. The van der Waals surface area contributed by atoms with Crippen molar-refractivity contribution in [2.24, 2.45) is 10.8 Å². The molecule has 110 valence electrons. The van der Waals surface area contributed by atoms with Gasteiger partial charge in [-0.2, -0.15) is 0 Å². The van der Waals surface area contributed by atoms with Gasteiger partial charge in [-0.25, -0.2) is 0 Å². The van der Waals surface area contributed by atoms with E-state index in [1.165, 1.54) is 11.1 Å². The number of allylic oxidation sites excluding steroid dienone is 1. The van der Waals surface area contributed by atoms with Crippen molar-refractivity contribution in [2.45, 2.75) is 80.8 Å². The Hall–Kier alpha value is -0.740. The zero-order valence-corrected chi connectivity index (χ0v) is 14.1. The molecule has 2 unspecified atom stereocenters. The highest BCUT2D eigenvalue weighted by Gasteiger charge is 2.34. The Kier molecular flexibility index (Phi) is 6.87. The van der Waals surface area contributed by atoms with Crippen LogP contribution >= 0.6 is 0 Å². The standard InChI is InChI=1S/C16H26O.C2H6/c1-7-16(6)11-13(17)10-12(2)14(16)8-9-15(3,4)5;1-2/h13,17H,7,10-11H2,1-6H3;1-2H3. The van der Waals surface area contributed by atoms with E-state index in [1.807, 2.05) is 13.8 Å². The van der Waals surface area contributed by atoms with Crippen molar-refractivity contribution in [3.05, 3.63) is 11.1 Å². The minimum atomic E-state index is -0.194. The molecule has 1 aliphatic carbocycles. The lowest BCUT2D eigenvalue weighted by atomic mass is 9.68. The van der Waals surface area contributed by atoms with E-state index >= 15 is 0 Å². The molecule has 0 radical (unpaired) electrons. The van der Waals surface area contributed by atoms with Gasteiger partial charge in [0.15, 0.2) is 0 Å². The van der Waals surface area contributed by atoms with Crippen molar-refractivity contribution in [3.63, 3.8) is 0 Å². The molecule has 19 heavy (non-hydrogen) atoms. The zero-order chi connectivity index (χ0) is 15.3. The summed E-state index contributed by atoms with van der Waals surface area (Å²) >= 11 is 0. The lowest BCUT2D eigenvalue weighted by Gasteiger charge is -2.37. The van der Waals surface area contributed by atoms with Crippen molar-refractivity contribution in [2.75, 3.05) is 0 Å². The lowest BCUT2D eigenvalue weighted by molar-refractivity contribution is 0.108. The number of aliphatic hydroxyl groups excluding tert-OH is 1. The summed E-state index contributed by atoms with van der Waals surface area (Å²) < 4.78 is 0. The third-order valence-electron chi connectivity index (χ3n) is 3.60. The molecule has 1 rings (SSSR count). The summed E-state index contributed by atoms with van der Waals surface area (Å²) in [6.45, 7) is 16.9. The van der Waals surface area contributed by atoms with Crippen LogP contribution in [0, 0.1) is 22.7 Å². The molecule has 0 spiro atoms. The molecule has 0 bridgehead atoms. The molecule has 1 nitrogen and oxygen atoms in total. The maximum atomic E-state index is 9.91. The second kappa shape index (κ2) is 7.15. The van der Waals surface area contributed by atoms with Crippen LogP contribution in [0.2, 0.25) is 0 Å². The van der Waals surface area contributed by atoms with Gasteiger partial charge in [-0.05, 0) is 47.0 Å². The van der Waals surface area contributed by atoms with E-state index < -0.39 is 0 Å². The molecule has 0 amide bonds. The molecule has 0 aromatic rings. The molecule has 0 saturated carbocycles. The Morgan fingerprint density at radius 1 is 1.32 bits per heavy atom. The minimum absolute atomic E-state index is 0.0397. The average Bonchev–Trinajstić information content (AvgIpc) is 2.28. The van der Waals surface area contributed by atoms with E-state index in [1.54, 1.807) is 0 Å². The average molecular weight is 264 g/mol. The summed E-state index contributed by atoms with van der Waals surface area (Å²) in [6, 6.07) is 0. The lowest BCUT2D eigenvalue weighted by Crippen LogP contribution is -2.30. The fourth-order valence-electron chi connectivity index (χ4n) is 2.49. The van der Waals surface area contributed by atoms with Gasteiger partial charge in [0.2, 0.25) is 0 Å². The summed E-state index contributed by atoms with van der Waals surface area (Å²) in [6.07, 6.45) is 2.47. The Labute approximate surface area is 120 Å². The van der Waals surface area contributed by atoms with E-state index in [2.05, 4.69) is 53.4 Å². The summed E-state index contributed by atoms with van der Waals surface area (Å²) in [5, 5.41) is 9.91. The molecule has 0 heterocycles. The van der Waals surface area contributed by atoms with Crippen molar-refractivity contribution >= 4 is 0 Å². The third kappa shape index (κ3) is 5.41. The van der Waals surface area contributed by atoms with Crippen LogP contribution < -0.4 is 0 Å². The summed E-state index contributed by atoms with van der Waals surface area (Å²) in [5.74, 6) is 6.73. The van der Waals surface area contributed by atoms with Crippen molar-refractivity contribution in [1.29, 1.82) is 0 Å². The quantitative estimate of drug-likeness (QED) is 0.664. The second-order valence-corrected chi connectivity index (χ2v) is 6.63. The topological polar surface area (TPSA) is 20.2 Å². The van der Waals surface area contributed by atoms with Crippen molar-refractivity contribution in [3.8, 4) is 11.8 Å². The number of rotatable bonds is 1. The first-order chi connectivity index (χ1) is 8.68. The van der Waals surface area contributed by atoms with Crippen molar-refractivity contribution in [1.82, 2.24) is 0 Å². The van der Waals surface area contributed by atoms with E-state index in [0.717, 1.165) is 19.3 Å². The van der Waals surface area contributed by atoms with Crippen LogP contribution in [0.1, 0.15) is 74.7 Å². The molecule has 0 aromatic heterocycles. The van der Waals surface area contributed by atoms with E-state index in [0.29, 0.717) is 0 Å². The van der Waals surface area contributed by atoms with Gasteiger partial charge in [0.25, 0.3) is 0 Å². The van der Waals surface area contributed by atoms with E-state index in [-0.39, 0.29) is 16.9 Å². The predicted molar refractivity (Wildman–Crippen MR) is 84.9 cm³/mol. The van der Waals surface area contributed by atoms with Gasteiger partial charge in [0.05, 0.1) is 6.10 Å². The van der Waals surface area contributed by atoms with Crippen LogP contribution in [0.4, 0.5) is 0 Å². The maximum Gasteiger partial charge on any atom is 0.0586 e. The first-order valence-corrected chi connectivity index (χ1v) is 7.59.